The molecule has 0 spiro atoms. The summed E-state index contributed by atoms with van der Waals surface area (Å²) in [5.74, 6) is -0.348. The lowest BCUT2D eigenvalue weighted by Gasteiger charge is -2.11. The summed E-state index contributed by atoms with van der Waals surface area (Å²) < 4.78 is 5.11. The molecule has 36 heavy (non-hydrogen) atoms. The van der Waals surface area contributed by atoms with Crippen molar-refractivity contribution in [3.8, 4) is 0 Å². The number of anilines is 2. The number of carbonyl (C=O) groups is 3. The number of hydrogen-bond donors (Lipinski definition) is 3. The first-order chi connectivity index (χ1) is 17.5. The number of furan rings is 1. The maximum absolute atomic E-state index is 12.9. The van der Waals surface area contributed by atoms with Gasteiger partial charge in [0.15, 0.2) is 5.76 Å². The number of amides is 3. The summed E-state index contributed by atoms with van der Waals surface area (Å²) in [5, 5.41) is 8.55. The van der Waals surface area contributed by atoms with Gasteiger partial charge in [-0.05, 0) is 61.0 Å². The van der Waals surface area contributed by atoms with Crippen molar-refractivity contribution in [3.05, 3.63) is 114 Å². The van der Waals surface area contributed by atoms with Crippen LogP contribution in [-0.4, -0.2) is 23.5 Å². The second-order valence-corrected chi connectivity index (χ2v) is 9.03. The highest BCUT2D eigenvalue weighted by atomic mass is 32.2. The van der Waals surface area contributed by atoms with Gasteiger partial charge < -0.3 is 20.4 Å². The molecule has 1 aromatic heterocycles. The third kappa shape index (κ3) is 6.86. The van der Waals surface area contributed by atoms with Gasteiger partial charge in [-0.15, -0.1) is 11.8 Å². The molecule has 0 saturated heterocycles. The molecule has 0 saturated carbocycles. The molecule has 3 amide bonds. The largest absolute Gasteiger partial charge is 0.459 e. The summed E-state index contributed by atoms with van der Waals surface area (Å²) in [6, 6.07) is 25.2. The van der Waals surface area contributed by atoms with Gasteiger partial charge in [0.25, 0.3) is 11.8 Å². The second-order valence-electron chi connectivity index (χ2n) is 8.01. The first kappa shape index (κ1) is 24.8. The van der Waals surface area contributed by atoms with Crippen LogP contribution in [0.15, 0.2) is 101 Å². The summed E-state index contributed by atoms with van der Waals surface area (Å²) in [7, 11) is 0. The maximum atomic E-state index is 12.9. The van der Waals surface area contributed by atoms with E-state index in [0.29, 0.717) is 16.1 Å². The average molecular weight is 500 g/mol. The van der Waals surface area contributed by atoms with Crippen LogP contribution in [-0.2, 0) is 11.3 Å². The zero-order valence-electron chi connectivity index (χ0n) is 19.6. The summed E-state index contributed by atoms with van der Waals surface area (Å²) in [5.41, 5.74) is 3.77. The molecular weight excluding hydrogens is 474 g/mol. The fraction of sp³-hybridized carbons (Fsp3) is 0.107. The zero-order chi connectivity index (χ0) is 25.3. The Morgan fingerprint density at radius 2 is 1.61 bits per heavy atom. The van der Waals surface area contributed by atoms with E-state index in [-0.39, 0.29) is 35.8 Å². The van der Waals surface area contributed by atoms with Crippen molar-refractivity contribution in [1.82, 2.24) is 5.32 Å². The van der Waals surface area contributed by atoms with Gasteiger partial charge in [-0.3, -0.25) is 14.4 Å². The van der Waals surface area contributed by atoms with E-state index in [1.807, 2.05) is 49.4 Å². The number of rotatable bonds is 9. The van der Waals surface area contributed by atoms with E-state index in [9.17, 15) is 14.4 Å². The van der Waals surface area contributed by atoms with Gasteiger partial charge in [0.1, 0.15) is 0 Å². The third-order valence-corrected chi connectivity index (χ3v) is 6.28. The van der Waals surface area contributed by atoms with Crippen molar-refractivity contribution < 1.29 is 18.8 Å². The lowest BCUT2D eigenvalue weighted by molar-refractivity contribution is -0.113. The van der Waals surface area contributed by atoms with Crippen LogP contribution in [0.25, 0.3) is 0 Å². The van der Waals surface area contributed by atoms with Gasteiger partial charge in [0.2, 0.25) is 5.91 Å². The van der Waals surface area contributed by atoms with Crippen LogP contribution in [0.2, 0.25) is 0 Å². The topological polar surface area (TPSA) is 100 Å². The Kier molecular flexibility index (Phi) is 8.20. The van der Waals surface area contributed by atoms with E-state index < -0.39 is 0 Å². The SMILES string of the molecule is Cc1ccc(NC(=O)CSc2ccccc2C(=O)NCc2cccc(NC(=O)c3ccco3)c2)cc1. The number of benzene rings is 3. The molecule has 3 aromatic carbocycles. The first-order valence-electron chi connectivity index (χ1n) is 11.3. The minimum absolute atomic E-state index is 0.146. The van der Waals surface area contributed by atoms with Crippen LogP contribution in [0.5, 0.6) is 0 Å². The Labute approximate surface area is 213 Å². The molecule has 0 aliphatic rings. The van der Waals surface area contributed by atoms with Crippen LogP contribution in [0.3, 0.4) is 0 Å². The Morgan fingerprint density at radius 3 is 2.39 bits per heavy atom. The third-order valence-electron chi connectivity index (χ3n) is 5.21. The van der Waals surface area contributed by atoms with E-state index >= 15 is 0 Å². The van der Waals surface area contributed by atoms with Gasteiger partial charge in [0, 0.05) is 22.8 Å². The number of thioether (sulfide) groups is 1. The standard InChI is InChI=1S/C28H25N3O4S/c1-19-11-13-21(14-12-19)30-26(32)18-36-25-10-3-2-8-23(25)27(33)29-17-20-6-4-7-22(16-20)31-28(34)24-9-5-15-35-24/h2-16H,17-18H2,1H3,(H,29,33)(H,30,32)(H,31,34). The normalized spacial score (nSPS) is 10.5. The summed E-state index contributed by atoms with van der Waals surface area (Å²) in [6.45, 7) is 2.26. The molecular formula is C28H25N3O4S. The highest BCUT2D eigenvalue weighted by Gasteiger charge is 2.14. The highest BCUT2D eigenvalue weighted by molar-refractivity contribution is 8.00. The molecule has 1 heterocycles. The molecule has 0 atom stereocenters. The van der Waals surface area contributed by atoms with Crippen LogP contribution in [0.4, 0.5) is 11.4 Å². The van der Waals surface area contributed by atoms with Crippen molar-refractivity contribution in [2.45, 2.75) is 18.4 Å². The van der Waals surface area contributed by atoms with Crippen molar-refractivity contribution in [2.75, 3.05) is 16.4 Å². The number of hydrogen-bond acceptors (Lipinski definition) is 5. The average Bonchev–Trinajstić information content (AvgIpc) is 3.43. The summed E-state index contributed by atoms with van der Waals surface area (Å²) >= 11 is 1.31. The van der Waals surface area contributed by atoms with E-state index in [4.69, 9.17) is 4.42 Å². The summed E-state index contributed by atoms with van der Waals surface area (Å²) in [4.78, 5) is 38.2. The molecule has 0 aliphatic heterocycles. The van der Waals surface area contributed by atoms with E-state index in [1.54, 1.807) is 42.5 Å². The monoisotopic (exact) mass is 499 g/mol. The van der Waals surface area contributed by atoms with Gasteiger partial charge in [0.05, 0.1) is 17.6 Å². The molecule has 0 radical (unpaired) electrons. The van der Waals surface area contributed by atoms with Crippen LogP contribution >= 0.6 is 11.8 Å². The Morgan fingerprint density at radius 1 is 0.806 bits per heavy atom. The molecule has 4 aromatic rings. The molecule has 0 fully saturated rings. The van der Waals surface area contributed by atoms with Crippen molar-refractivity contribution in [1.29, 1.82) is 0 Å². The Hall–Kier alpha value is -4.30. The van der Waals surface area contributed by atoms with Crippen LogP contribution < -0.4 is 16.0 Å². The highest BCUT2D eigenvalue weighted by Crippen LogP contribution is 2.23. The molecule has 0 bridgehead atoms. The number of nitrogens with one attached hydrogen (secondary N) is 3. The molecule has 4 rings (SSSR count). The lowest BCUT2D eigenvalue weighted by Crippen LogP contribution is -2.23. The number of carbonyl (C=O) groups excluding carboxylic acids is 3. The predicted octanol–water partition coefficient (Wildman–Crippen LogP) is 5.50. The maximum Gasteiger partial charge on any atom is 0.291 e. The quantitative estimate of drug-likeness (QED) is 0.264. The Balaban J connectivity index is 1.32. The van der Waals surface area contributed by atoms with Crippen molar-refractivity contribution in [3.63, 3.8) is 0 Å². The summed E-state index contributed by atoms with van der Waals surface area (Å²) in [6.07, 6.45) is 1.44. The van der Waals surface area contributed by atoms with Crippen molar-refractivity contribution >= 4 is 40.9 Å². The van der Waals surface area contributed by atoms with Gasteiger partial charge in [-0.1, -0.05) is 42.0 Å². The predicted molar refractivity (Wildman–Crippen MR) is 141 cm³/mol. The smallest absolute Gasteiger partial charge is 0.291 e. The second kappa shape index (κ2) is 11.9. The van der Waals surface area contributed by atoms with Crippen LogP contribution in [0.1, 0.15) is 32.0 Å². The minimum Gasteiger partial charge on any atom is -0.459 e. The molecule has 182 valence electrons. The minimum atomic E-state index is -0.349. The molecule has 3 N–H and O–H groups in total. The fourth-order valence-corrected chi connectivity index (χ4v) is 4.24. The molecule has 8 heteroatoms. The Bertz CT molecular complexity index is 1350. The van der Waals surface area contributed by atoms with Crippen molar-refractivity contribution in [2.24, 2.45) is 0 Å². The first-order valence-corrected chi connectivity index (χ1v) is 12.3. The molecule has 7 nitrogen and oxygen atoms in total. The molecule has 0 unspecified atom stereocenters. The van der Waals surface area contributed by atoms with Crippen LogP contribution in [0, 0.1) is 6.92 Å². The van der Waals surface area contributed by atoms with Gasteiger partial charge >= 0.3 is 0 Å². The molecule has 0 aliphatic carbocycles. The van der Waals surface area contributed by atoms with E-state index in [2.05, 4.69) is 16.0 Å². The van der Waals surface area contributed by atoms with Gasteiger partial charge in [-0.2, -0.15) is 0 Å². The lowest BCUT2D eigenvalue weighted by atomic mass is 10.1. The number of aryl methyl sites for hydroxylation is 1. The van der Waals surface area contributed by atoms with E-state index in [1.165, 1.54) is 18.0 Å². The fourth-order valence-electron chi connectivity index (χ4n) is 3.39. The zero-order valence-corrected chi connectivity index (χ0v) is 20.4. The van der Waals surface area contributed by atoms with E-state index in [0.717, 1.165) is 16.8 Å². The van der Waals surface area contributed by atoms with Gasteiger partial charge in [-0.25, -0.2) is 0 Å².